The molecule has 2 aromatic rings. The number of nitrogens with zero attached hydrogens (tertiary/aromatic N) is 1. The van der Waals surface area contributed by atoms with Crippen molar-refractivity contribution >= 4 is 6.29 Å². The van der Waals surface area contributed by atoms with Gasteiger partial charge in [-0.1, -0.05) is 0 Å². The standard InChI is InChI=1S/C18H17NO5/c1-21-13-5-6-14(12(7-13)10-20)16-11(9-19)8-15(22-2)17(23-3)18(16)24-4/h5-8,10H,1-4H3. The highest BCUT2D eigenvalue weighted by Gasteiger charge is 2.23. The summed E-state index contributed by atoms with van der Waals surface area (Å²) >= 11 is 0. The molecule has 24 heavy (non-hydrogen) atoms. The SMILES string of the molecule is COc1ccc(-c2c(C#N)cc(OC)c(OC)c2OC)c(C=O)c1. The molecule has 0 atom stereocenters. The van der Waals surface area contributed by atoms with Gasteiger partial charge in [-0.2, -0.15) is 5.26 Å². The molecule has 0 N–H and O–H groups in total. The van der Waals surface area contributed by atoms with E-state index in [-0.39, 0.29) is 0 Å². The van der Waals surface area contributed by atoms with Crippen LogP contribution in [0.1, 0.15) is 15.9 Å². The first-order valence-corrected chi connectivity index (χ1v) is 7.01. The molecule has 0 aliphatic carbocycles. The van der Waals surface area contributed by atoms with E-state index in [0.29, 0.717) is 51.5 Å². The molecule has 2 aromatic carbocycles. The number of carbonyl (C=O) groups excluding carboxylic acids is 1. The summed E-state index contributed by atoms with van der Waals surface area (Å²) in [6.45, 7) is 0. The lowest BCUT2D eigenvalue weighted by molar-refractivity contribution is 0.112. The van der Waals surface area contributed by atoms with E-state index in [1.807, 2.05) is 0 Å². The summed E-state index contributed by atoms with van der Waals surface area (Å²) in [5, 5.41) is 9.53. The van der Waals surface area contributed by atoms with Gasteiger partial charge < -0.3 is 18.9 Å². The van der Waals surface area contributed by atoms with Gasteiger partial charge in [0.2, 0.25) is 5.75 Å². The lowest BCUT2D eigenvalue weighted by atomic mass is 9.94. The fraction of sp³-hybridized carbons (Fsp3) is 0.222. The van der Waals surface area contributed by atoms with Crippen LogP contribution in [0.3, 0.4) is 0 Å². The van der Waals surface area contributed by atoms with Crippen LogP contribution < -0.4 is 18.9 Å². The van der Waals surface area contributed by atoms with Crippen LogP contribution in [-0.2, 0) is 0 Å². The zero-order valence-electron chi connectivity index (χ0n) is 13.9. The normalized spacial score (nSPS) is 9.79. The smallest absolute Gasteiger partial charge is 0.204 e. The molecule has 0 saturated carbocycles. The minimum atomic E-state index is 0.303. The van der Waals surface area contributed by atoms with Gasteiger partial charge in [0.05, 0.1) is 34.0 Å². The third-order valence-corrected chi connectivity index (χ3v) is 3.61. The van der Waals surface area contributed by atoms with Crippen molar-refractivity contribution in [1.29, 1.82) is 5.26 Å². The molecule has 0 aromatic heterocycles. The van der Waals surface area contributed by atoms with Crippen molar-refractivity contribution in [1.82, 2.24) is 0 Å². The molecule has 0 fully saturated rings. The van der Waals surface area contributed by atoms with Crippen LogP contribution in [0.2, 0.25) is 0 Å². The van der Waals surface area contributed by atoms with Gasteiger partial charge in [-0.3, -0.25) is 4.79 Å². The molecule has 6 nitrogen and oxygen atoms in total. The van der Waals surface area contributed by atoms with E-state index in [2.05, 4.69) is 6.07 Å². The molecule has 0 amide bonds. The molecule has 0 aliphatic rings. The minimum Gasteiger partial charge on any atom is -0.497 e. The molecule has 0 saturated heterocycles. The molecule has 0 heterocycles. The Morgan fingerprint density at radius 1 is 0.958 bits per heavy atom. The molecule has 0 unspecified atom stereocenters. The van der Waals surface area contributed by atoms with Crippen LogP contribution in [-0.4, -0.2) is 34.7 Å². The maximum absolute atomic E-state index is 11.5. The second-order valence-electron chi connectivity index (χ2n) is 4.75. The number of methoxy groups -OCH3 is 4. The van der Waals surface area contributed by atoms with E-state index in [9.17, 15) is 10.1 Å². The summed E-state index contributed by atoms with van der Waals surface area (Å²) in [5.41, 5.74) is 1.68. The number of benzene rings is 2. The average Bonchev–Trinajstić information content (AvgIpc) is 2.65. The Bertz CT molecular complexity index is 808. The van der Waals surface area contributed by atoms with Gasteiger partial charge in [0.25, 0.3) is 0 Å². The number of ether oxygens (including phenoxy) is 4. The van der Waals surface area contributed by atoms with Crippen molar-refractivity contribution in [2.45, 2.75) is 0 Å². The maximum atomic E-state index is 11.5. The largest absolute Gasteiger partial charge is 0.497 e. The number of hydrogen-bond donors (Lipinski definition) is 0. The summed E-state index contributed by atoms with van der Waals surface area (Å²) in [5.74, 6) is 1.58. The predicted octanol–water partition coefficient (Wildman–Crippen LogP) is 3.07. The minimum absolute atomic E-state index is 0.303. The maximum Gasteiger partial charge on any atom is 0.204 e. The number of carbonyl (C=O) groups is 1. The highest BCUT2D eigenvalue weighted by molar-refractivity contribution is 5.93. The van der Waals surface area contributed by atoms with E-state index in [1.165, 1.54) is 28.4 Å². The van der Waals surface area contributed by atoms with Gasteiger partial charge in [-0.15, -0.1) is 0 Å². The van der Waals surface area contributed by atoms with E-state index in [4.69, 9.17) is 18.9 Å². The van der Waals surface area contributed by atoms with Gasteiger partial charge in [0.15, 0.2) is 17.8 Å². The highest BCUT2D eigenvalue weighted by atomic mass is 16.5. The quantitative estimate of drug-likeness (QED) is 0.759. The number of hydrogen-bond acceptors (Lipinski definition) is 6. The van der Waals surface area contributed by atoms with Gasteiger partial charge >= 0.3 is 0 Å². The number of aldehydes is 1. The molecule has 0 bridgehead atoms. The van der Waals surface area contributed by atoms with Crippen molar-refractivity contribution in [3.63, 3.8) is 0 Å². The van der Waals surface area contributed by atoms with Gasteiger partial charge in [-0.25, -0.2) is 0 Å². The second kappa shape index (κ2) is 7.38. The molecular formula is C18H17NO5. The first-order valence-electron chi connectivity index (χ1n) is 7.01. The third-order valence-electron chi connectivity index (χ3n) is 3.61. The third kappa shape index (κ3) is 2.84. The molecule has 124 valence electrons. The zero-order valence-corrected chi connectivity index (χ0v) is 13.9. The first-order chi connectivity index (χ1) is 11.6. The van der Waals surface area contributed by atoms with Crippen molar-refractivity contribution in [2.24, 2.45) is 0 Å². The number of nitriles is 1. The van der Waals surface area contributed by atoms with Gasteiger partial charge in [-0.05, 0) is 23.8 Å². The molecule has 0 radical (unpaired) electrons. The Kier molecular flexibility index (Phi) is 5.27. The lowest BCUT2D eigenvalue weighted by Crippen LogP contribution is -2.01. The summed E-state index contributed by atoms with van der Waals surface area (Å²) < 4.78 is 21.2. The predicted molar refractivity (Wildman–Crippen MR) is 88.2 cm³/mol. The van der Waals surface area contributed by atoms with Crippen molar-refractivity contribution in [3.8, 4) is 40.2 Å². The Hall–Kier alpha value is -3.20. The monoisotopic (exact) mass is 327 g/mol. The van der Waals surface area contributed by atoms with E-state index in [0.717, 1.165) is 0 Å². The molecule has 6 heteroatoms. The van der Waals surface area contributed by atoms with Crippen molar-refractivity contribution in [2.75, 3.05) is 28.4 Å². The highest BCUT2D eigenvalue weighted by Crippen LogP contribution is 2.47. The van der Waals surface area contributed by atoms with E-state index >= 15 is 0 Å². The van der Waals surface area contributed by atoms with Crippen LogP contribution in [0.25, 0.3) is 11.1 Å². The zero-order chi connectivity index (χ0) is 17.7. The molecule has 2 rings (SSSR count). The van der Waals surface area contributed by atoms with Crippen LogP contribution in [0.15, 0.2) is 24.3 Å². The summed E-state index contributed by atoms with van der Waals surface area (Å²) in [4.78, 5) is 11.5. The van der Waals surface area contributed by atoms with E-state index in [1.54, 1.807) is 24.3 Å². The lowest BCUT2D eigenvalue weighted by Gasteiger charge is -2.18. The second-order valence-corrected chi connectivity index (χ2v) is 4.75. The Morgan fingerprint density at radius 2 is 1.67 bits per heavy atom. The molecular weight excluding hydrogens is 310 g/mol. The van der Waals surface area contributed by atoms with Crippen molar-refractivity contribution in [3.05, 3.63) is 35.4 Å². The summed E-state index contributed by atoms with van der Waals surface area (Å²) in [6.07, 6.45) is 0.704. The average molecular weight is 327 g/mol. The molecule has 0 aliphatic heterocycles. The molecule has 0 spiro atoms. The van der Waals surface area contributed by atoms with Gasteiger partial charge in [0.1, 0.15) is 11.8 Å². The first kappa shape index (κ1) is 17.2. The Balaban J connectivity index is 2.88. The van der Waals surface area contributed by atoms with Crippen molar-refractivity contribution < 1.29 is 23.7 Å². The van der Waals surface area contributed by atoms with Crippen LogP contribution in [0.5, 0.6) is 23.0 Å². The van der Waals surface area contributed by atoms with Crippen LogP contribution in [0, 0.1) is 11.3 Å². The van der Waals surface area contributed by atoms with Crippen LogP contribution >= 0.6 is 0 Å². The fourth-order valence-corrected chi connectivity index (χ4v) is 2.50. The topological polar surface area (TPSA) is 77.8 Å². The summed E-state index contributed by atoms with van der Waals surface area (Å²) in [7, 11) is 5.93. The number of rotatable bonds is 6. The fourth-order valence-electron chi connectivity index (χ4n) is 2.50. The summed E-state index contributed by atoms with van der Waals surface area (Å²) in [6, 6.07) is 8.67. The van der Waals surface area contributed by atoms with Crippen LogP contribution in [0.4, 0.5) is 0 Å². The Morgan fingerprint density at radius 3 is 2.17 bits per heavy atom. The Labute approximate surface area is 140 Å². The van der Waals surface area contributed by atoms with E-state index < -0.39 is 0 Å². The van der Waals surface area contributed by atoms with Gasteiger partial charge in [0, 0.05) is 17.2 Å².